The molecule has 1 aliphatic heterocycles. The molecule has 1 unspecified atom stereocenters. The van der Waals surface area contributed by atoms with E-state index in [0.29, 0.717) is 17.1 Å². The van der Waals surface area contributed by atoms with Crippen LogP contribution < -0.4 is 17.2 Å². The standard InChI is InChI=1S/C10H14N6O/c11-4-7-8(12)14-10(13)15-9(7)16-3-1-2-6(16)5-17/h1-4,8,17H,5,11-12H2,(H2,13,14)/b7-4+. The van der Waals surface area contributed by atoms with E-state index in [0.717, 1.165) is 0 Å². The molecular formula is C10H14N6O. The fraction of sp³-hybridized carbons (Fsp3) is 0.200. The minimum Gasteiger partial charge on any atom is -0.404 e. The third-order valence-electron chi connectivity index (χ3n) is 2.47. The first kappa shape index (κ1) is 11.4. The molecule has 7 heteroatoms. The SMILES string of the molecule is N/C=C1/C(n2cccc2CO)=NC(N)=NC1N. The van der Waals surface area contributed by atoms with Gasteiger partial charge in [-0.1, -0.05) is 0 Å². The van der Waals surface area contributed by atoms with Gasteiger partial charge in [0, 0.05) is 23.7 Å². The van der Waals surface area contributed by atoms with Crippen LogP contribution in [0.1, 0.15) is 5.69 Å². The van der Waals surface area contributed by atoms with Crippen molar-refractivity contribution in [2.24, 2.45) is 27.2 Å². The van der Waals surface area contributed by atoms with E-state index in [1.54, 1.807) is 22.9 Å². The molecule has 7 N–H and O–H groups in total. The van der Waals surface area contributed by atoms with Gasteiger partial charge in [0.1, 0.15) is 12.0 Å². The number of guanidine groups is 1. The fourth-order valence-electron chi connectivity index (χ4n) is 1.66. The average Bonchev–Trinajstić information content (AvgIpc) is 2.75. The smallest absolute Gasteiger partial charge is 0.219 e. The van der Waals surface area contributed by atoms with Gasteiger partial charge in [-0.05, 0) is 12.1 Å². The highest BCUT2D eigenvalue weighted by Crippen LogP contribution is 2.14. The summed E-state index contributed by atoms with van der Waals surface area (Å²) in [6, 6.07) is 3.56. The summed E-state index contributed by atoms with van der Waals surface area (Å²) in [5.41, 5.74) is 18.1. The summed E-state index contributed by atoms with van der Waals surface area (Å²) in [6.45, 7) is -0.115. The Labute approximate surface area is 97.9 Å². The summed E-state index contributed by atoms with van der Waals surface area (Å²) in [7, 11) is 0. The highest BCUT2D eigenvalue weighted by molar-refractivity contribution is 6.09. The van der Waals surface area contributed by atoms with Gasteiger partial charge < -0.3 is 26.9 Å². The molecule has 0 aromatic carbocycles. The molecule has 0 saturated carbocycles. The van der Waals surface area contributed by atoms with Gasteiger partial charge in [-0.3, -0.25) is 0 Å². The van der Waals surface area contributed by atoms with E-state index in [1.165, 1.54) is 6.20 Å². The van der Waals surface area contributed by atoms with E-state index in [2.05, 4.69) is 9.98 Å². The van der Waals surface area contributed by atoms with Crippen molar-refractivity contribution in [1.82, 2.24) is 4.57 Å². The predicted molar refractivity (Wildman–Crippen MR) is 65.1 cm³/mol. The van der Waals surface area contributed by atoms with Gasteiger partial charge in [0.15, 0.2) is 0 Å². The molecule has 2 heterocycles. The van der Waals surface area contributed by atoms with E-state index >= 15 is 0 Å². The van der Waals surface area contributed by atoms with Gasteiger partial charge in [-0.2, -0.15) is 4.99 Å². The Bertz CT molecular complexity index is 513. The van der Waals surface area contributed by atoms with Crippen molar-refractivity contribution in [2.45, 2.75) is 12.8 Å². The van der Waals surface area contributed by atoms with E-state index in [9.17, 15) is 5.11 Å². The Hall–Kier alpha value is -2.12. The molecule has 2 rings (SSSR count). The van der Waals surface area contributed by atoms with Crippen LogP contribution in [0.15, 0.2) is 40.1 Å². The second-order valence-corrected chi connectivity index (χ2v) is 3.52. The van der Waals surface area contributed by atoms with Gasteiger partial charge in [0.05, 0.1) is 6.61 Å². The highest BCUT2D eigenvalue weighted by Gasteiger charge is 2.22. The maximum absolute atomic E-state index is 9.21. The van der Waals surface area contributed by atoms with Crippen LogP contribution in [-0.4, -0.2) is 27.6 Å². The minimum absolute atomic E-state index is 0.0932. The number of nitrogens with zero attached hydrogens (tertiary/aromatic N) is 3. The topological polar surface area (TPSA) is 128 Å². The first-order chi connectivity index (χ1) is 8.17. The summed E-state index contributed by atoms with van der Waals surface area (Å²) in [5, 5.41) is 9.21. The molecule has 0 spiro atoms. The number of aliphatic hydroxyl groups is 1. The molecule has 0 amide bonds. The van der Waals surface area contributed by atoms with Crippen LogP contribution in [0.25, 0.3) is 0 Å². The first-order valence-electron chi connectivity index (χ1n) is 5.04. The van der Waals surface area contributed by atoms with E-state index in [4.69, 9.17) is 17.2 Å². The first-order valence-corrected chi connectivity index (χ1v) is 5.04. The largest absolute Gasteiger partial charge is 0.404 e. The molecule has 17 heavy (non-hydrogen) atoms. The molecular weight excluding hydrogens is 220 g/mol. The molecule has 0 aliphatic carbocycles. The van der Waals surface area contributed by atoms with Crippen molar-refractivity contribution in [1.29, 1.82) is 0 Å². The molecule has 0 fully saturated rings. The Kier molecular flexibility index (Phi) is 2.94. The maximum atomic E-state index is 9.21. The van der Waals surface area contributed by atoms with Crippen LogP contribution in [0.5, 0.6) is 0 Å². The molecule has 1 atom stereocenters. The summed E-state index contributed by atoms with van der Waals surface area (Å²) < 4.78 is 1.68. The van der Waals surface area contributed by atoms with Crippen LogP contribution in [0, 0.1) is 0 Å². The summed E-state index contributed by atoms with van der Waals surface area (Å²) in [6.07, 6.45) is 2.46. The maximum Gasteiger partial charge on any atom is 0.219 e. The van der Waals surface area contributed by atoms with Crippen LogP contribution in [0.3, 0.4) is 0 Å². The average molecular weight is 234 g/mol. The zero-order chi connectivity index (χ0) is 12.4. The zero-order valence-corrected chi connectivity index (χ0v) is 9.11. The van der Waals surface area contributed by atoms with Crippen LogP contribution in [0.4, 0.5) is 0 Å². The molecule has 1 aliphatic rings. The lowest BCUT2D eigenvalue weighted by molar-refractivity contribution is 0.275. The van der Waals surface area contributed by atoms with Gasteiger partial charge in [0.25, 0.3) is 0 Å². The van der Waals surface area contributed by atoms with Gasteiger partial charge in [0.2, 0.25) is 5.96 Å². The number of hydrogen-bond acceptors (Lipinski definition) is 6. The number of nitrogens with two attached hydrogens (primary N) is 3. The third kappa shape index (κ3) is 1.93. The Morgan fingerprint density at radius 3 is 2.94 bits per heavy atom. The second-order valence-electron chi connectivity index (χ2n) is 3.52. The lowest BCUT2D eigenvalue weighted by atomic mass is 10.2. The van der Waals surface area contributed by atoms with Crippen molar-refractivity contribution >= 4 is 11.8 Å². The minimum atomic E-state index is -0.638. The van der Waals surface area contributed by atoms with Crippen molar-refractivity contribution in [3.05, 3.63) is 35.8 Å². The van der Waals surface area contributed by atoms with Crippen LogP contribution in [0.2, 0.25) is 0 Å². The Morgan fingerprint density at radius 2 is 2.29 bits per heavy atom. The van der Waals surface area contributed by atoms with E-state index < -0.39 is 6.17 Å². The number of aliphatic imine (C=N–C) groups is 2. The van der Waals surface area contributed by atoms with Gasteiger partial charge in [-0.25, -0.2) is 4.99 Å². The third-order valence-corrected chi connectivity index (χ3v) is 2.47. The zero-order valence-electron chi connectivity index (χ0n) is 9.11. The van der Waals surface area contributed by atoms with E-state index in [-0.39, 0.29) is 12.6 Å². The number of aliphatic hydroxyl groups excluding tert-OH is 1. The van der Waals surface area contributed by atoms with Crippen molar-refractivity contribution in [3.8, 4) is 0 Å². The Morgan fingerprint density at radius 1 is 1.53 bits per heavy atom. The normalized spacial score (nSPS) is 22.5. The number of aromatic nitrogens is 1. The molecule has 90 valence electrons. The molecule has 7 nitrogen and oxygen atoms in total. The van der Waals surface area contributed by atoms with Crippen LogP contribution in [-0.2, 0) is 6.61 Å². The Balaban J connectivity index is 2.53. The monoisotopic (exact) mass is 234 g/mol. The summed E-state index contributed by atoms with van der Waals surface area (Å²) in [5.74, 6) is 0.581. The van der Waals surface area contributed by atoms with Crippen molar-refractivity contribution < 1.29 is 5.11 Å². The number of rotatable bonds is 1. The molecule has 0 saturated heterocycles. The summed E-state index contributed by atoms with van der Waals surface area (Å²) in [4.78, 5) is 8.02. The number of hydrogen-bond donors (Lipinski definition) is 4. The van der Waals surface area contributed by atoms with Gasteiger partial charge >= 0.3 is 0 Å². The lowest BCUT2D eigenvalue weighted by Gasteiger charge is -2.20. The van der Waals surface area contributed by atoms with Crippen LogP contribution >= 0.6 is 0 Å². The molecule has 1 aromatic heterocycles. The quantitative estimate of drug-likeness (QED) is 0.480. The highest BCUT2D eigenvalue weighted by atomic mass is 16.3. The molecule has 0 radical (unpaired) electrons. The molecule has 1 aromatic rings. The van der Waals surface area contributed by atoms with Crippen molar-refractivity contribution in [3.63, 3.8) is 0 Å². The van der Waals surface area contributed by atoms with Gasteiger partial charge in [-0.15, -0.1) is 0 Å². The fourth-order valence-corrected chi connectivity index (χ4v) is 1.66. The second kappa shape index (κ2) is 4.40. The summed E-state index contributed by atoms with van der Waals surface area (Å²) >= 11 is 0. The lowest BCUT2D eigenvalue weighted by Crippen LogP contribution is -2.37. The predicted octanol–water partition coefficient (Wildman–Crippen LogP) is -1.32. The van der Waals surface area contributed by atoms with E-state index in [1.807, 2.05) is 0 Å². The van der Waals surface area contributed by atoms with Crippen molar-refractivity contribution in [2.75, 3.05) is 0 Å². The molecule has 0 bridgehead atoms.